The summed E-state index contributed by atoms with van der Waals surface area (Å²) in [4.78, 5) is 16.2. The number of anilines is 1. The van der Waals surface area contributed by atoms with Crippen molar-refractivity contribution < 1.29 is 9.69 Å². The number of quaternary nitrogens is 1. The number of carbonyl (C=O) groups is 1. The van der Waals surface area contributed by atoms with Gasteiger partial charge in [-0.1, -0.05) is 34.1 Å². The van der Waals surface area contributed by atoms with Crippen molar-refractivity contribution in [2.24, 2.45) is 0 Å². The minimum atomic E-state index is -0.0141. The summed E-state index contributed by atoms with van der Waals surface area (Å²) in [6.07, 6.45) is 2.53. The molecular weight excluding hydrogens is 390 g/mol. The van der Waals surface area contributed by atoms with Gasteiger partial charge in [0.25, 0.3) is 5.91 Å². The van der Waals surface area contributed by atoms with Crippen LogP contribution in [0.4, 0.5) is 5.69 Å². The molecule has 0 aromatic heterocycles. The molecule has 2 aromatic rings. The van der Waals surface area contributed by atoms with Crippen LogP contribution in [0.25, 0.3) is 0 Å². The molecule has 1 amide bonds. The van der Waals surface area contributed by atoms with E-state index in [2.05, 4.69) is 64.5 Å². The number of nitrogens with one attached hydrogen (secondary N) is 2. The van der Waals surface area contributed by atoms with Crippen LogP contribution in [0.5, 0.6) is 0 Å². The molecule has 0 bridgehead atoms. The van der Waals surface area contributed by atoms with Crippen molar-refractivity contribution in [3.63, 3.8) is 0 Å². The number of carbonyl (C=O) groups excluding carboxylic acids is 1. The maximum absolute atomic E-state index is 12.5. The van der Waals surface area contributed by atoms with E-state index in [0.29, 0.717) is 18.2 Å². The summed E-state index contributed by atoms with van der Waals surface area (Å²) in [5.74, 6) is -0.0141. The van der Waals surface area contributed by atoms with E-state index in [9.17, 15) is 4.79 Å². The molecule has 1 saturated heterocycles. The number of amides is 1. The van der Waals surface area contributed by atoms with Gasteiger partial charge in [-0.25, -0.2) is 0 Å². The van der Waals surface area contributed by atoms with Gasteiger partial charge in [-0.3, -0.25) is 4.79 Å². The second-order valence-electron chi connectivity index (χ2n) is 7.12. The lowest BCUT2D eigenvalue weighted by atomic mass is 10.0. The number of rotatable bonds is 6. The van der Waals surface area contributed by atoms with E-state index in [4.69, 9.17) is 0 Å². The zero-order valence-corrected chi connectivity index (χ0v) is 17.1. The van der Waals surface area contributed by atoms with Crippen LogP contribution in [-0.2, 0) is 0 Å². The van der Waals surface area contributed by atoms with E-state index in [1.165, 1.54) is 37.2 Å². The molecule has 26 heavy (non-hydrogen) atoms. The Morgan fingerprint density at radius 3 is 2.46 bits per heavy atom. The van der Waals surface area contributed by atoms with Gasteiger partial charge < -0.3 is 15.1 Å². The van der Waals surface area contributed by atoms with E-state index >= 15 is 0 Å². The normalized spacial score (nSPS) is 15.7. The fourth-order valence-electron chi connectivity index (χ4n) is 3.61. The zero-order chi connectivity index (χ0) is 18.5. The molecule has 4 nitrogen and oxygen atoms in total. The average molecular weight is 417 g/mol. The fourth-order valence-corrected chi connectivity index (χ4v) is 4.01. The molecule has 1 aliphatic rings. The summed E-state index contributed by atoms with van der Waals surface area (Å²) in [5, 5.41) is 3.15. The summed E-state index contributed by atoms with van der Waals surface area (Å²) >= 11 is 3.43. The quantitative estimate of drug-likeness (QED) is 0.759. The Labute approximate surface area is 164 Å². The predicted octanol–water partition coefficient (Wildman–Crippen LogP) is 2.66. The molecule has 0 unspecified atom stereocenters. The fraction of sp³-hybridized carbons (Fsp3) is 0.381. The monoisotopic (exact) mass is 416 g/mol. The van der Waals surface area contributed by atoms with Crippen LogP contribution in [0.2, 0.25) is 0 Å². The molecular formula is C21H27BrN3O+. The van der Waals surface area contributed by atoms with Gasteiger partial charge in [0.1, 0.15) is 6.04 Å². The Bertz CT molecular complexity index is 739. The maximum Gasteiger partial charge on any atom is 0.251 e. The van der Waals surface area contributed by atoms with E-state index in [0.717, 1.165) is 4.47 Å². The minimum absolute atomic E-state index is 0.0141. The SMILES string of the molecule is CN(C)c1ccc([C@@H](CNC(=O)c2cccc(Br)c2)[NH+]2CCCC2)cc1. The van der Waals surface area contributed by atoms with Gasteiger partial charge in [0.05, 0.1) is 19.6 Å². The average Bonchev–Trinajstić information content (AvgIpc) is 3.16. The van der Waals surface area contributed by atoms with Crippen molar-refractivity contribution in [2.45, 2.75) is 18.9 Å². The molecule has 2 aromatic carbocycles. The second kappa shape index (κ2) is 8.69. The molecule has 138 valence electrons. The van der Waals surface area contributed by atoms with E-state index < -0.39 is 0 Å². The molecule has 0 spiro atoms. The summed E-state index contributed by atoms with van der Waals surface area (Å²) in [6.45, 7) is 3.00. The van der Waals surface area contributed by atoms with Crippen LogP contribution in [0, 0.1) is 0 Å². The number of likely N-dealkylation sites (tertiary alicyclic amines) is 1. The van der Waals surface area contributed by atoms with Gasteiger partial charge in [0.2, 0.25) is 0 Å². The van der Waals surface area contributed by atoms with Crippen LogP contribution < -0.4 is 15.1 Å². The first-order valence-corrected chi connectivity index (χ1v) is 9.99. The highest BCUT2D eigenvalue weighted by atomic mass is 79.9. The lowest BCUT2D eigenvalue weighted by Crippen LogP contribution is -3.11. The summed E-state index contributed by atoms with van der Waals surface area (Å²) in [5.41, 5.74) is 3.18. The number of halogens is 1. The van der Waals surface area contributed by atoms with E-state index in [1.807, 2.05) is 24.3 Å². The third kappa shape index (κ3) is 4.65. The number of hydrogen-bond donors (Lipinski definition) is 2. The van der Waals surface area contributed by atoms with E-state index in [-0.39, 0.29) is 5.91 Å². The molecule has 5 heteroatoms. The standard InChI is InChI=1S/C21H26BrN3O/c1-24(2)19-10-8-16(9-11-19)20(25-12-3-4-13-25)15-23-21(26)17-6-5-7-18(22)14-17/h5-11,14,20H,3-4,12-13,15H2,1-2H3,(H,23,26)/p+1/t20-/m1/s1. The van der Waals surface area contributed by atoms with Gasteiger partial charge in [-0.05, 0) is 30.3 Å². The molecule has 3 rings (SSSR count). The van der Waals surface area contributed by atoms with Gasteiger partial charge >= 0.3 is 0 Å². The largest absolute Gasteiger partial charge is 0.378 e. The van der Waals surface area contributed by atoms with Crippen molar-refractivity contribution in [3.8, 4) is 0 Å². The maximum atomic E-state index is 12.5. The molecule has 1 fully saturated rings. The molecule has 2 N–H and O–H groups in total. The molecule has 0 radical (unpaired) electrons. The Kier molecular flexibility index (Phi) is 6.33. The first kappa shape index (κ1) is 18.9. The number of nitrogens with zero attached hydrogens (tertiary/aromatic N) is 1. The van der Waals surface area contributed by atoms with Gasteiger partial charge in [0.15, 0.2) is 0 Å². The molecule has 1 heterocycles. The van der Waals surface area contributed by atoms with Crippen molar-refractivity contribution in [1.29, 1.82) is 0 Å². The summed E-state index contributed by atoms with van der Waals surface area (Å²) in [7, 11) is 4.10. The highest BCUT2D eigenvalue weighted by Crippen LogP contribution is 2.17. The van der Waals surface area contributed by atoms with Crippen LogP contribution >= 0.6 is 15.9 Å². The lowest BCUT2D eigenvalue weighted by molar-refractivity contribution is -0.918. The summed E-state index contributed by atoms with van der Waals surface area (Å²) in [6, 6.07) is 16.6. The smallest absolute Gasteiger partial charge is 0.251 e. The Morgan fingerprint density at radius 1 is 1.15 bits per heavy atom. The Balaban J connectivity index is 1.73. The Morgan fingerprint density at radius 2 is 1.85 bits per heavy atom. The van der Waals surface area contributed by atoms with Crippen LogP contribution in [0.3, 0.4) is 0 Å². The number of hydrogen-bond acceptors (Lipinski definition) is 2. The summed E-state index contributed by atoms with van der Waals surface area (Å²) < 4.78 is 0.922. The zero-order valence-electron chi connectivity index (χ0n) is 15.5. The van der Waals surface area contributed by atoms with Crippen molar-refractivity contribution in [1.82, 2.24) is 5.32 Å². The third-order valence-corrected chi connectivity index (χ3v) is 5.60. The molecule has 1 aliphatic heterocycles. The van der Waals surface area contributed by atoms with Gasteiger partial charge in [0, 0.05) is 48.2 Å². The third-order valence-electron chi connectivity index (χ3n) is 5.10. The first-order chi connectivity index (χ1) is 12.5. The second-order valence-corrected chi connectivity index (χ2v) is 8.04. The topological polar surface area (TPSA) is 36.8 Å². The molecule has 0 aliphatic carbocycles. The van der Waals surface area contributed by atoms with Crippen molar-refractivity contribution in [2.75, 3.05) is 38.6 Å². The predicted molar refractivity (Wildman–Crippen MR) is 110 cm³/mol. The number of benzene rings is 2. The lowest BCUT2D eigenvalue weighted by Gasteiger charge is -2.26. The van der Waals surface area contributed by atoms with Crippen LogP contribution in [0.1, 0.15) is 34.8 Å². The van der Waals surface area contributed by atoms with Crippen molar-refractivity contribution >= 4 is 27.5 Å². The van der Waals surface area contributed by atoms with E-state index in [1.54, 1.807) is 4.90 Å². The highest BCUT2D eigenvalue weighted by Gasteiger charge is 2.28. The van der Waals surface area contributed by atoms with Crippen molar-refractivity contribution in [3.05, 3.63) is 64.1 Å². The van der Waals surface area contributed by atoms with Gasteiger partial charge in [-0.2, -0.15) is 0 Å². The highest BCUT2D eigenvalue weighted by molar-refractivity contribution is 9.10. The Hall–Kier alpha value is -1.85. The van der Waals surface area contributed by atoms with Crippen LogP contribution in [0.15, 0.2) is 53.0 Å². The molecule has 1 atom stereocenters. The molecule has 0 saturated carbocycles. The van der Waals surface area contributed by atoms with Gasteiger partial charge in [-0.15, -0.1) is 0 Å². The minimum Gasteiger partial charge on any atom is -0.378 e. The van der Waals surface area contributed by atoms with Crippen LogP contribution in [-0.4, -0.2) is 39.6 Å². The first-order valence-electron chi connectivity index (χ1n) is 9.20.